The number of aromatic nitrogens is 2. The first-order chi connectivity index (χ1) is 24.7. The largest absolute Gasteiger partial charge is 0.402 e. The fourth-order valence-electron chi connectivity index (χ4n) is 6.36. The molecule has 0 radical (unpaired) electrons. The number of allylic oxidation sites excluding steroid dienone is 9. The van der Waals surface area contributed by atoms with Crippen LogP contribution in [0.1, 0.15) is 98.9 Å². The number of rotatable bonds is 12. The lowest BCUT2D eigenvalue weighted by molar-refractivity contribution is -0.0936. The molecular formula is C46H61N5O. The Hall–Kier alpha value is -4.62. The van der Waals surface area contributed by atoms with Gasteiger partial charge in [0.15, 0.2) is 5.82 Å². The van der Waals surface area contributed by atoms with E-state index in [1.54, 1.807) is 12.2 Å². The highest BCUT2D eigenvalue weighted by molar-refractivity contribution is 5.82. The molecule has 0 amide bonds. The molecule has 1 fully saturated rings. The van der Waals surface area contributed by atoms with Gasteiger partial charge in [0.25, 0.3) is 0 Å². The molecule has 2 heterocycles. The maximum Gasteiger partial charge on any atom is 0.164 e. The first-order valence-electron chi connectivity index (χ1n) is 18.6. The molecule has 0 saturated carbocycles. The molecule has 0 atom stereocenters. The van der Waals surface area contributed by atoms with E-state index in [0.29, 0.717) is 48.7 Å². The normalized spacial score (nSPS) is 16.3. The Bertz CT molecular complexity index is 1810. The van der Waals surface area contributed by atoms with Gasteiger partial charge in [-0.3, -0.25) is 0 Å². The SMILES string of the molecule is C=C=C/C=C(C=C)/C(=C(\C)N)c1nc(-c2cccc(C#CC(C)(C)C(C)(C)CCC(=C=C)CC3(C)CC=CC3)c2)cc(N2CCN(O)CC2)n1.CC. The van der Waals surface area contributed by atoms with Crippen LogP contribution in [0.4, 0.5) is 5.82 Å². The van der Waals surface area contributed by atoms with Crippen molar-refractivity contribution in [1.29, 1.82) is 0 Å². The second kappa shape index (κ2) is 18.7. The fraction of sp³-hybridized carbons (Fsp3) is 0.435. The monoisotopic (exact) mass is 699 g/mol. The van der Waals surface area contributed by atoms with Crippen LogP contribution in [0.5, 0.6) is 0 Å². The van der Waals surface area contributed by atoms with Gasteiger partial charge in [0.05, 0.1) is 5.69 Å². The third kappa shape index (κ3) is 10.9. The van der Waals surface area contributed by atoms with Gasteiger partial charge in [-0.15, -0.1) is 11.5 Å². The zero-order chi connectivity index (χ0) is 38.5. The Morgan fingerprint density at radius 2 is 1.71 bits per heavy atom. The summed E-state index contributed by atoms with van der Waals surface area (Å²) in [6.45, 7) is 31.4. The summed E-state index contributed by atoms with van der Waals surface area (Å²) in [6, 6.07) is 10.2. The lowest BCUT2D eigenvalue weighted by Gasteiger charge is -2.38. The van der Waals surface area contributed by atoms with Crippen LogP contribution >= 0.6 is 0 Å². The molecule has 3 N–H and O–H groups in total. The number of hydrogen-bond acceptors (Lipinski definition) is 6. The minimum atomic E-state index is -0.246. The average molecular weight is 700 g/mol. The fourth-order valence-corrected chi connectivity index (χ4v) is 6.36. The lowest BCUT2D eigenvalue weighted by Crippen LogP contribution is -2.45. The van der Waals surface area contributed by atoms with E-state index in [0.717, 1.165) is 60.3 Å². The van der Waals surface area contributed by atoms with E-state index in [4.69, 9.17) is 15.7 Å². The van der Waals surface area contributed by atoms with E-state index in [2.05, 4.69) is 107 Å². The second-order valence-corrected chi connectivity index (χ2v) is 15.1. The van der Waals surface area contributed by atoms with Crippen molar-refractivity contribution < 1.29 is 5.21 Å². The number of hydrogen-bond donors (Lipinski definition) is 2. The summed E-state index contributed by atoms with van der Waals surface area (Å²) in [4.78, 5) is 12.2. The van der Waals surface area contributed by atoms with Gasteiger partial charge >= 0.3 is 0 Å². The number of hydroxylamine groups is 2. The summed E-state index contributed by atoms with van der Waals surface area (Å²) < 4.78 is 0. The van der Waals surface area contributed by atoms with Crippen LogP contribution in [0.15, 0.2) is 109 Å². The highest BCUT2D eigenvalue weighted by Gasteiger charge is 2.36. The Labute approximate surface area is 314 Å². The zero-order valence-corrected chi connectivity index (χ0v) is 33.1. The molecule has 4 rings (SSSR count). The number of nitrogens with two attached hydrogens (primary N) is 1. The van der Waals surface area contributed by atoms with Crippen LogP contribution in [0.3, 0.4) is 0 Å². The molecular weight excluding hydrogens is 639 g/mol. The Morgan fingerprint density at radius 1 is 1.04 bits per heavy atom. The Morgan fingerprint density at radius 3 is 2.31 bits per heavy atom. The quantitative estimate of drug-likeness (QED) is 0.0994. The van der Waals surface area contributed by atoms with Crippen molar-refractivity contribution in [2.75, 3.05) is 31.1 Å². The molecule has 6 nitrogen and oxygen atoms in total. The molecule has 276 valence electrons. The van der Waals surface area contributed by atoms with Crippen molar-refractivity contribution in [1.82, 2.24) is 15.0 Å². The first kappa shape index (κ1) is 41.8. The van der Waals surface area contributed by atoms with Crippen LogP contribution in [-0.4, -0.2) is 46.4 Å². The second-order valence-electron chi connectivity index (χ2n) is 15.1. The topological polar surface area (TPSA) is 78.5 Å². The summed E-state index contributed by atoms with van der Waals surface area (Å²) >= 11 is 0. The summed E-state index contributed by atoms with van der Waals surface area (Å²) in [5, 5.41) is 11.4. The Kier molecular flexibility index (Phi) is 15.1. The van der Waals surface area contributed by atoms with Crippen LogP contribution < -0.4 is 10.6 Å². The summed E-state index contributed by atoms with van der Waals surface area (Å²) in [5.41, 5.74) is 18.5. The van der Waals surface area contributed by atoms with Gasteiger partial charge in [-0.1, -0.05) is 96.6 Å². The van der Waals surface area contributed by atoms with Gasteiger partial charge in [0.1, 0.15) is 5.82 Å². The highest BCUT2D eigenvalue weighted by atomic mass is 16.5. The third-order valence-corrected chi connectivity index (χ3v) is 10.5. The van der Waals surface area contributed by atoms with Crippen molar-refractivity contribution in [2.24, 2.45) is 22.0 Å². The maximum atomic E-state index is 10.0. The molecule has 0 spiro atoms. The van der Waals surface area contributed by atoms with Gasteiger partial charge in [-0.05, 0) is 99.1 Å². The summed E-state index contributed by atoms with van der Waals surface area (Å²) in [5.74, 6) is 8.41. The van der Waals surface area contributed by atoms with E-state index < -0.39 is 0 Å². The van der Waals surface area contributed by atoms with Gasteiger partial charge in [-0.25, -0.2) is 9.97 Å². The van der Waals surface area contributed by atoms with Crippen LogP contribution in [0, 0.1) is 28.1 Å². The molecule has 1 aliphatic heterocycles. The van der Waals surface area contributed by atoms with Crippen molar-refractivity contribution in [3.8, 4) is 23.1 Å². The first-order valence-corrected chi connectivity index (χ1v) is 18.6. The van der Waals surface area contributed by atoms with Crippen molar-refractivity contribution in [2.45, 2.75) is 87.5 Å². The standard InChI is InChI=1S/C44H55N5O.C2H6/c1-10-13-18-36(12-3)40(33(4)45)41-46-38(31-39(47-41)48-26-28-49(50)29-27-48)37-19-16-17-35(30-37)21-25-43(7,8)42(5,6)24-20-34(11-2)32-44(9)22-14-15-23-44;1-2/h12-19,30-31,50H,1-3,20,22-24,26-29,32,45H2,4-9H3;1-2H3/b36-18+,40-33-;. The zero-order valence-electron chi connectivity index (χ0n) is 33.1. The maximum absolute atomic E-state index is 10.0. The van der Waals surface area contributed by atoms with Crippen molar-refractivity contribution in [3.63, 3.8) is 0 Å². The summed E-state index contributed by atoms with van der Waals surface area (Å²) in [6.07, 6.45) is 15.2. The molecule has 1 aromatic heterocycles. The predicted molar refractivity (Wildman–Crippen MR) is 221 cm³/mol. The number of nitrogens with zero attached hydrogens (tertiary/aromatic N) is 4. The predicted octanol–water partition coefficient (Wildman–Crippen LogP) is 10.5. The Balaban J connectivity index is 0.00000358. The number of benzene rings is 1. The number of piperazine rings is 1. The van der Waals surface area contributed by atoms with E-state index in [1.807, 2.05) is 45.0 Å². The third-order valence-electron chi connectivity index (χ3n) is 10.5. The summed E-state index contributed by atoms with van der Waals surface area (Å²) in [7, 11) is 0. The molecule has 0 unspecified atom stereocenters. The molecule has 0 bridgehead atoms. The molecule has 1 aromatic carbocycles. The lowest BCUT2D eigenvalue weighted by atomic mass is 9.65. The van der Waals surface area contributed by atoms with Gasteiger partial charge in [0, 0.05) is 60.1 Å². The minimum absolute atomic E-state index is 0.0381. The minimum Gasteiger partial charge on any atom is -0.402 e. The van der Waals surface area contributed by atoms with Crippen LogP contribution in [-0.2, 0) is 0 Å². The van der Waals surface area contributed by atoms with E-state index >= 15 is 0 Å². The van der Waals surface area contributed by atoms with Gasteiger partial charge < -0.3 is 15.8 Å². The van der Waals surface area contributed by atoms with E-state index in [9.17, 15) is 5.21 Å². The van der Waals surface area contributed by atoms with Crippen molar-refractivity contribution >= 4 is 11.4 Å². The van der Waals surface area contributed by atoms with Gasteiger partial charge in [0.2, 0.25) is 0 Å². The van der Waals surface area contributed by atoms with Crippen LogP contribution in [0.2, 0.25) is 0 Å². The molecule has 2 aromatic rings. The smallest absolute Gasteiger partial charge is 0.164 e. The molecule has 1 saturated heterocycles. The molecule has 6 heteroatoms. The molecule has 1 aliphatic carbocycles. The molecule has 52 heavy (non-hydrogen) atoms. The average Bonchev–Trinajstić information content (AvgIpc) is 3.57. The molecule has 2 aliphatic rings. The highest BCUT2D eigenvalue weighted by Crippen LogP contribution is 2.45. The van der Waals surface area contributed by atoms with Gasteiger partial charge in [-0.2, -0.15) is 5.06 Å². The van der Waals surface area contributed by atoms with Crippen molar-refractivity contribution in [3.05, 3.63) is 120 Å². The van der Waals surface area contributed by atoms with E-state index in [-0.39, 0.29) is 10.8 Å². The van der Waals surface area contributed by atoms with Crippen LogP contribution in [0.25, 0.3) is 16.8 Å². The van der Waals surface area contributed by atoms with E-state index in [1.165, 1.54) is 10.6 Å². The number of anilines is 1.